The maximum Gasteiger partial charge on any atom is 0.216 e. The molecule has 1 saturated carbocycles. The van der Waals surface area contributed by atoms with Crippen molar-refractivity contribution in [1.82, 2.24) is 4.72 Å². The molecule has 4 nitrogen and oxygen atoms in total. The van der Waals surface area contributed by atoms with E-state index in [1.165, 1.54) is 24.3 Å². The van der Waals surface area contributed by atoms with Crippen LogP contribution < -0.4 is 10.5 Å². The number of nitrogens with two attached hydrogens (primary N) is 1. The summed E-state index contributed by atoms with van der Waals surface area (Å²) < 4.78 is 39.9. The van der Waals surface area contributed by atoms with Crippen molar-refractivity contribution >= 4 is 10.0 Å². The van der Waals surface area contributed by atoms with Crippen LogP contribution in [0.4, 0.5) is 4.39 Å². The Morgan fingerprint density at radius 3 is 2.50 bits per heavy atom. The SMILES string of the molecule is NCC1CCCCC1NS(=O)(=O)Cc1ccc(F)cc1. The Morgan fingerprint density at radius 2 is 1.85 bits per heavy atom. The Balaban J connectivity index is 2.01. The van der Waals surface area contributed by atoms with E-state index in [0.717, 1.165) is 25.7 Å². The molecule has 2 atom stereocenters. The fourth-order valence-corrected chi connectivity index (χ4v) is 4.20. The van der Waals surface area contributed by atoms with Crippen molar-refractivity contribution < 1.29 is 12.8 Å². The van der Waals surface area contributed by atoms with Gasteiger partial charge in [-0.25, -0.2) is 17.5 Å². The first kappa shape index (κ1) is 15.4. The summed E-state index contributed by atoms with van der Waals surface area (Å²) in [4.78, 5) is 0. The van der Waals surface area contributed by atoms with E-state index < -0.39 is 10.0 Å². The van der Waals surface area contributed by atoms with Crippen LogP contribution in [-0.2, 0) is 15.8 Å². The third-order valence-electron chi connectivity index (χ3n) is 3.81. The number of nitrogens with one attached hydrogen (secondary N) is 1. The zero-order valence-electron chi connectivity index (χ0n) is 11.4. The van der Waals surface area contributed by atoms with Crippen LogP contribution in [0.15, 0.2) is 24.3 Å². The summed E-state index contributed by atoms with van der Waals surface area (Å²) >= 11 is 0. The van der Waals surface area contributed by atoms with Gasteiger partial charge in [0.1, 0.15) is 5.82 Å². The molecule has 2 unspecified atom stereocenters. The Morgan fingerprint density at radius 1 is 1.20 bits per heavy atom. The highest BCUT2D eigenvalue weighted by atomic mass is 32.2. The topological polar surface area (TPSA) is 72.2 Å². The van der Waals surface area contributed by atoms with Gasteiger partial charge >= 0.3 is 0 Å². The first-order valence-corrected chi connectivity index (χ1v) is 8.60. The normalized spacial score (nSPS) is 23.7. The smallest absolute Gasteiger partial charge is 0.216 e. The van der Waals surface area contributed by atoms with Gasteiger partial charge in [0.15, 0.2) is 0 Å². The van der Waals surface area contributed by atoms with Crippen LogP contribution in [0.1, 0.15) is 31.2 Å². The molecule has 20 heavy (non-hydrogen) atoms. The molecule has 3 N–H and O–H groups in total. The Labute approximate surface area is 119 Å². The van der Waals surface area contributed by atoms with Gasteiger partial charge in [0.2, 0.25) is 10.0 Å². The summed E-state index contributed by atoms with van der Waals surface area (Å²) in [7, 11) is -3.42. The molecule has 0 bridgehead atoms. The molecule has 0 aliphatic heterocycles. The Kier molecular flexibility index (Phi) is 5.12. The van der Waals surface area contributed by atoms with Crippen molar-refractivity contribution in [3.63, 3.8) is 0 Å². The van der Waals surface area contributed by atoms with Gasteiger partial charge < -0.3 is 5.73 Å². The minimum Gasteiger partial charge on any atom is -0.330 e. The van der Waals surface area contributed by atoms with Gasteiger partial charge in [-0.3, -0.25) is 0 Å². The first-order valence-electron chi connectivity index (χ1n) is 6.95. The molecule has 1 aliphatic rings. The predicted octanol–water partition coefficient (Wildman–Crippen LogP) is 1.76. The van der Waals surface area contributed by atoms with Crippen molar-refractivity contribution in [2.75, 3.05) is 6.54 Å². The van der Waals surface area contributed by atoms with E-state index in [2.05, 4.69) is 4.72 Å². The summed E-state index contributed by atoms with van der Waals surface area (Å²) in [6.07, 6.45) is 3.95. The molecule has 2 rings (SSSR count). The van der Waals surface area contributed by atoms with E-state index in [4.69, 9.17) is 5.73 Å². The van der Waals surface area contributed by atoms with Crippen LogP contribution in [0.2, 0.25) is 0 Å². The zero-order chi connectivity index (χ0) is 14.6. The van der Waals surface area contributed by atoms with Crippen molar-refractivity contribution in [1.29, 1.82) is 0 Å². The number of sulfonamides is 1. The number of halogens is 1. The molecule has 0 aromatic heterocycles. The number of hydrogen-bond acceptors (Lipinski definition) is 3. The van der Waals surface area contributed by atoms with E-state index in [1.807, 2.05) is 0 Å². The van der Waals surface area contributed by atoms with Crippen LogP contribution in [-0.4, -0.2) is 21.0 Å². The van der Waals surface area contributed by atoms with Gasteiger partial charge in [0.05, 0.1) is 5.75 Å². The maximum absolute atomic E-state index is 12.8. The van der Waals surface area contributed by atoms with E-state index in [9.17, 15) is 12.8 Å². The van der Waals surface area contributed by atoms with Gasteiger partial charge in [0, 0.05) is 6.04 Å². The zero-order valence-corrected chi connectivity index (χ0v) is 12.2. The Hall–Kier alpha value is -0.980. The number of hydrogen-bond donors (Lipinski definition) is 2. The summed E-state index contributed by atoms with van der Waals surface area (Å²) in [6.45, 7) is 0.504. The van der Waals surface area contributed by atoms with Crippen molar-refractivity contribution in [3.8, 4) is 0 Å². The van der Waals surface area contributed by atoms with E-state index >= 15 is 0 Å². The van der Waals surface area contributed by atoms with Gasteiger partial charge in [-0.1, -0.05) is 25.0 Å². The van der Waals surface area contributed by atoms with E-state index in [0.29, 0.717) is 12.1 Å². The second-order valence-corrected chi connectivity index (χ2v) is 7.14. The maximum atomic E-state index is 12.8. The summed E-state index contributed by atoms with van der Waals surface area (Å²) in [5, 5.41) is 0. The third kappa shape index (κ3) is 4.26. The molecule has 1 fully saturated rings. The lowest BCUT2D eigenvalue weighted by atomic mass is 9.85. The van der Waals surface area contributed by atoms with Crippen molar-refractivity contribution in [3.05, 3.63) is 35.6 Å². The quantitative estimate of drug-likeness (QED) is 0.870. The average Bonchev–Trinajstić information content (AvgIpc) is 2.41. The van der Waals surface area contributed by atoms with E-state index in [1.54, 1.807) is 0 Å². The fraction of sp³-hybridized carbons (Fsp3) is 0.571. The molecule has 0 radical (unpaired) electrons. The summed E-state index contributed by atoms with van der Waals surface area (Å²) in [5.74, 6) is -0.275. The monoisotopic (exact) mass is 300 g/mol. The third-order valence-corrected chi connectivity index (χ3v) is 5.19. The molecule has 1 aliphatic carbocycles. The number of benzene rings is 1. The van der Waals surface area contributed by atoms with Gasteiger partial charge in [-0.05, 0) is 43.0 Å². The standard InChI is InChI=1S/C14H21FN2O2S/c15-13-7-5-11(6-8-13)10-20(18,19)17-14-4-2-1-3-12(14)9-16/h5-8,12,14,17H,1-4,9-10,16H2. The fourth-order valence-electron chi connectivity index (χ4n) is 2.72. The minimum absolute atomic E-state index is 0.0702. The van der Waals surface area contributed by atoms with Crippen molar-refractivity contribution in [2.45, 2.75) is 37.5 Å². The summed E-state index contributed by atoms with van der Waals surface area (Å²) in [6, 6.07) is 5.47. The van der Waals surface area contributed by atoms with Gasteiger partial charge in [0.25, 0.3) is 0 Å². The summed E-state index contributed by atoms with van der Waals surface area (Å²) in [5.41, 5.74) is 6.29. The largest absolute Gasteiger partial charge is 0.330 e. The van der Waals surface area contributed by atoms with Crippen LogP contribution >= 0.6 is 0 Å². The molecule has 6 heteroatoms. The van der Waals surface area contributed by atoms with Crippen LogP contribution in [0.25, 0.3) is 0 Å². The molecule has 0 spiro atoms. The molecular weight excluding hydrogens is 279 g/mol. The van der Waals surface area contributed by atoms with E-state index in [-0.39, 0.29) is 23.5 Å². The van der Waals surface area contributed by atoms with Gasteiger partial charge in [-0.2, -0.15) is 0 Å². The molecule has 0 saturated heterocycles. The first-order chi connectivity index (χ1) is 9.50. The highest BCUT2D eigenvalue weighted by Gasteiger charge is 2.27. The second-order valence-electron chi connectivity index (χ2n) is 5.39. The molecule has 1 aromatic carbocycles. The van der Waals surface area contributed by atoms with Gasteiger partial charge in [-0.15, -0.1) is 0 Å². The minimum atomic E-state index is -3.42. The Bertz CT molecular complexity index is 531. The van der Waals surface area contributed by atoms with Crippen LogP contribution in [0.3, 0.4) is 0 Å². The van der Waals surface area contributed by atoms with Crippen LogP contribution in [0, 0.1) is 11.7 Å². The lowest BCUT2D eigenvalue weighted by Crippen LogP contribution is -2.45. The molecule has 112 valence electrons. The molecule has 0 heterocycles. The van der Waals surface area contributed by atoms with Crippen LogP contribution in [0.5, 0.6) is 0 Å². The lowest BCUT2D eigenvalue weighted by Gasteiger charge is -2.31. The lowest BCUT2D eigenvalue weighted by molar-refractivity contribution is 0.296. The highest BCUT2D eigenvalue weighted by Crippen LogP contribution is 2.24. The predicted molar refractivity (Wildman–Crippen MR) is 77.0 cm³/mol. The molecule has 1 aromatic rings. The molecule has 0 amide bonds. The number of rotatable bonds is 5. The highest BCUT2D eigenvalue weighted by molar-refractivity contribution is 7.88. The average molecular weight is 300 g/mol. The molecular formula is C14H21FN2O2S. The van der Waals surface area contributed by atoms with Crippen molar-refractivity contribution in [2.24, 2.45) is 11.7 Å². The second kappa shape index (κ2) is 6.65.